The number of carbonyl (C=O) groups excluding carboxylic acids is 1. The van der Waals surface area contributed by atoms with E-state index in [0.29, 0.717) is 38.9 Å². The Balaban J connectivity index is 1.49. The molecule has 1 amide bonds. The van der Waals surface area contributed by atoms with E-state index in [1.165, 1.54) is 11.8 Å². The van der Waals surface area contributed by atoms with Crippen molar-refractivity contribution in [3.05, 3.63) is 86.3 Å². The van der Waals surface area contributed by atoms with E-state index >= 15 is 0 Å². The van der Waals surface area contributed by atoms with Crippen molar-refractivity contribution < 1.29 is 9.53 Å². The fourth-order valence-corrected chi connectivity index (χ4v) is 4.56. The summed E-state index contributed by atoms with van der Waals surface area (Å²) in [5.74, 6) is 1.25. The first-order valence-electron chi connectivity index (χ1n) is 9.92. The summed E-state index contributed by atoms with van der Waals surface area (Å²) in [4.78, 5) is 30.9. The molecule has 168 valence electrons. The highest BCUT2D eigenvalue weighted by Crippen LogP contribution is 2.26. The van der Waals surface area contributed by atoms with Crippen LogP contribution in [0.4, 0.5) is 5.69 Å². The number of halogens is 2. The van der Waals surface area contributed by atoms with Gasteiger partial charge in [-0.3, -0.25) is 14.2 Å². The predicted octanol–water partition coefficient (Wildman–Crippen LogP) is 5.85. The van der Waals surface area contributed by atoms with Crippen LogP contribution in [0.15, 0.2) is 74.8 Å². The monoisotopic (exact) mass is 543 g/mol. The van der Waals surface area contributed by atoms with Gasteiger partial charge in [-0.2, -0.15) is 0 Å². The number of anilines is 1. The molecule has 6 nitrogen and oxygen atoms in total. The summed E-state index contributed by atoms with van der Waals surface area (Å²) < 4.78 is 7.63. The number of hydrogen-bond acceptors (Lipinski definition) is 5. The summed E-state index contributed by atoms with van der Waals surface area (Å²) in [7, 11) is 1.56. The van der Waals surface area contributed by atoms with Crippen LogP contribution < -0.4 is 15.6 Å². The van der Waals surface area contributed by atoms with Gasteiger partial charge >= 0.3 is 0 Å². The predicted molar refractivity (Wildman–Crippen MR) is 137 cm³/mol. The minimum absolute atomic E-state index is 0.127. The Morgan fingerprint density at radius 2 is 1.94 bits per heavy atom. The van der Waals surface area contributed by atoms with Gasteiger partial charge in [0.15, 0.2) is 0 Å². The number of amides is 1. The third-order valence-electron chi connectivity index (χ3n) is 4.92. The number of aryl methyl sites for hydroxylation is 1. The number of nitrogens with zero attached hydrogens (tertiary/aromatic N) is 2. The van der Waals surface area contributed by atoms with E-state index in [1.54, 1.807) is 55.0 Å². The van der Waals surface area contributed by atoms with Gasteiger partial charge in [-0.05, 0) is 77.5 Å². The van der Waals surface area contributed by atoms with Crippen LogP contribution in [0.2, 0.25) is 5.02 Å². The van der Waals surface area contributed by atoms with E-state index in [9.17, 15) is 9.59 Å². The Morgan fingerprint density at radius 3 is 2.64 bits per heavy atom. The van der Waals surface area contributed by atoms with Crippen LogP contribution in [0.1, 0.15) is 5.82 Å². The second kappa shape index (κ2) is 9.99. The summed E-state index contributed by atoms with van der Waals surface area (Å²) in [6.45, 7) is 1.79. The van der Waals surface area contributed by atoms with Gasteiger partial charge in [-0.25, -0.2) is 4.98 Å². The smallest absolute Gasteiger partial charge is 0.266 e. The molecule has 0 aliphatic heterocycles. The van der Waals surface area contributed by atoms with Crippen LogP contribution in [0.3, 0.4) is 0 Å². The van der Waals surface area contributed by atoms with Crippen molar-refractivity contribution in [2.75, 3.05) is 18.2 Å². The SMILES string of the molecule is COc1cccc2c(=O)n(-c3ccc(SCC(=O)Nc4ccc(Cl)c(Br)c4)cc3)c(C)nc12. The molecule has 9 heteroatoms. The zero-order valence-electron chi connectivity index (χ0n) is 17.8. The van der Waals surface area contributed by atoms with E-state index < -0.39 is 0 Å². The third-order valence-corrected chi connectivity index (χ3v) is 7.14. The molecule has 0 fully saturated rings. The molecule has 4 rings (SSSR count). The van der Waals surface area contributed by atoms with Crippen molar-refractivity contribution in [1.82, 2.24) is 9.55 Å². The number of thioether (sulfide) groups is 1. The van der Waals surface area contributed by atoms with Gasteiger partial charge in [0.1, 0.15) is 17.1 Å². The number of carbonyl (C=O) groups is 1. The molecular formula is C24H19BrClN3O3S. The highest BCUT2D eigenvalue weighted by molar-refractivity contribution is 9.10. The van der Waals surface area contributed by atoms with Crippen molar-refractivity contribution in [1.29, 1.82) is 0 Å². The minimum atomic E-state index is -0.162. The lowest BCUT2D eigenvalue weighted by Gasteiger charge is -2.13. The average molecular weight is 545 g/mol. The lowest BCUT2D eigenvalue weighted by Crippen LogP contribution is -2.22. The molecule has 1 heterocycles. The second-order valence-electron chi connectivity index (χ2n) is 7.12. The molecule has 33 heavy (non-hydrogen) atoms. The van der Waals surface area contributed by atoms with Gasteiger partial charge in [0, 0.05) is 15.1 Å². The Bertz CT molecular complexity index is 1410. The molecule has 0 aliphatic carbocycles. The summed E-state index contributed by atoms with van der Waals surface area (Å²) in [5.41, 5.74) is 1.76. The first-order valence-corrected chi connectivity index (χ1v) is 12.1. The summed E-state index contributed by atoms with van der Waals surface area (Å²) in [6.07, 6.45) is 0. The van der Waals surface area contributed by atoms with Crippen molar-refractivity contribution >= 4 is 61.8 Å². The Kier molecular flexibility index (Phi) is 7.07. The molecule has 0 saturated carbocycles. The first-order chi connectivity index (χ1) is 15.9. The zero-order chi connectivity index (χ0) is 23.5. The zero-order valence-corrected chi connectivity index (χ0v) is 20.9. The van der Waals surface area contributed by atoms with E-state index in [1.807, 2.05) is 24.3 Å². The van der Waals surface area contributed by atoms with Crippen molar-refractivity contribution in [2.24, 2.45) is 0 Å². The van der Waals surface area contributed by atoms with Crippen molar-refractivity contribution in [2.45, 2.75) is 11.8 Å². The summed E-state index contributed by atoms with van der Waals surface area (Å²) in [6, 6.07) is 18.0. The highest BCUT2D eigenvalue weighted by Gasteiger charge is 2.13. The maximum absolute atomic E-state index is 13.1. The molecule has 0 unspecified atom stereocenters. The lowest BCUT2D eigenvalue weighted by molar-refractivity contribution is -0.113. The van der Waals surface area contributed by atoms with Crippen LogP contribution in [-0.2, 0) is 4.79 Å². The quantitative estimate of drug-likeness (QED) is 0.308. The van der Waals surface area contributed by atoms with Crippen molar-refractivity contribution in [3.63, 3.8) is 0 Å². The normalized spacial score (nSPS) is 10.9. The van der Waals surface area contributed by atoms with Crippen LogP contribution in [0.5, 0.6) is 5.75 Å². The molecular weight excluding hydrogens is 526 g/mol. The summed E-state index contributed by atoms with van der Waals surface area (Å²) >= 11 is 10.7. The second-order valence-corrected chi connectivity index (χ2v) is 9.43. The number of nitrogens with one attached hydrogen (secondary N) is 1. The van der Waals surface area contributed by atoms with Gasteiger partial charge in [0.2, 0.25) is 5.91 Å². The number of methoxy groups -OCH3 is 1. The number of ether oxygens (including phenoxy) is 1. The standard InChI is InChI=1S/C24H19BrClN3O3S/c1-14-27-23-18(4-3-5-21(23)32-2)24(31)29(14)16-7-9-17(10-8-16)33-13-22(30)28-15-6-11-20(26)19(25)12-15/h3-12H,13H2,1-2H3,(H,28,30). The van der Waals surface area contributed by atoms with Crippen LogP contribution >= 0.6 is 39.3 Å². The van der Waals surface area contributed by atoms with Gasteiger partial charge < -0.3 is 10.1 Å². The lowest BCUT2D eigenvalue weighted by atomic mass is 10.2. The molecule has 1 N–H and O–H groups in total. The number of aromatic nitrogens is 2. The minimum Gasteiger partial charge on any atom is -0.494 e. The maximum Gasteiger partial charge on any atom is 0.266 e. The van der Waals surface area contributed by atoms with Gasteiger partial charge in [0.25, 0.3) is 5.56 Å². The van der Waals surface area contributed by atoms with Gasteiger partial charge in [0.05, 0.1) is 29.0 Å². The number of rotatable bonds is 6. The Morgan fingerprint density at radius 1 is 1.18 bits per heavy atom. The summed E-state index contributed by atoms with van der Waals surface area (Å²) in [5, 5.41) is 3.92. The van der Waals surface area contributed by atoms with Crippen molar-refractivity contribution in [3.8, 4) is 11.4 Å². The Hall–Kier alpha value is -2.81. The first kappa shape index (κ1) is 23.4. The third kappa shape index (κ3) is 5.08. The largest absolute Gasteiger partial charge is 0.494 e. The molecule has 4 aromatic rings. The molecule has 0 atom stereocenters. The molecule has 0 spiro atoms. The molecule has 3 aromatic carbocycles. The topological polar surface area (TPSA) is 73.2 Å². The molecule has 1 aromatic heterocycles. The average Bonchev–Trinajstić information content (AvgIpc) is 2.80. The number of benzene rings is 3. The van der Waals surface area contributed by atoms with E-state index in [4.69, 9.17) is 16.3 Å². The molecule has 0 radical (unpaired) electrons. The molecule has 0 aliphatic rings. The number of para-hydroxylation sites is 1. The number of fused-ring (bicyclic) bond motifs is 1. The van der Waals surface area contributed by atoms with Gasteiger partial charge in [-0.1, -0.05) is 17.7 Å². The highest BCUT2D eigenvalue weighted by atomic mass is 79.9. The van der Waals surface area contributed by atoms with Gasteiger partial charge in [-0.15, -0.1) is 11.8 Å². The van der Waals surface area contributed by atoms with E-state index in [-0.39, 0.29) is 17.2 Å². The molecule has 0 bridgehead atoms. The van der Waals surface area contributed by atoms with E-state index in [0.717, 1.165) is 9.37 Å². The fraction of sp³-hybridized carbons (Fsp3) is 0.125. The van der Waals surface area contributed by atoms with Crippen LogP contribution in [0.25, 0.3) is 16.6 Å². The van der Waals surface area contributed by atoms with Crippen LogP contribution in [-0.4, -0.2) is 28.3 Å². The fourth-order valence-electron chi connectivity index (χ4n) is 3.37. The van der Waals surface area contributed by atoms with Crippen LogP contribution in [0, 0.1) is 6.92 Å². The van der Waals surface area contributed by atoms with E-state index in [2.05, 4.69) is 26.2 Å². The Labute approximate surface area is 208 Å². The molecule has 0 saturated heterocycles. The number of hydrogen-bond donors (Lipinski definition) is 1. The maximum atomic E-state index is 13.1.